The number of thiazole rings is 1. The molecule has 0 saturated heterocycles. The lowest BCUT2D eigenvalue weighted by molar-refractivity contribution is 0.869. The third kappa shape index (κ3) is 3.14. The molecule has 0 amide bonds. The molecule has 1 aromatic carbocycles. The topological polar surface area (TPSA) is 74.3 Å². The third-order valence-electron chi connectivity index (χ3n) is 4.03. The molecule has 28 heavy (non-hydrogen) atoms. The van der Waals surface area contributed by atoms with E-state index in [1.165, 1.54) is 11.3 Å². The van der Waals surface area contributed by atoms with Crippen LogP contribution in [-0.2, 0) is 0 Å². The van der Waals surface area contributed by atoms with Gasteiger partial charge in [0.1, 0.15) is 0 Å². The Kier molecular flexibility index (Phi) is 4.30. The Bertz CT molecular complexity index is 1230. The minimum absolute atomic E-state index is 0.592. The number of para-hydroxylation sites is 1. The summed E-state index contributed by atoms with van der Waals surface area (Å²) in [6.45, 7) is 0. The Morgan fingerprint density at radius 1 is 1.00 bits per heavy atom. The van der Waals surface area contributed by atoms with Crippen LogP contribution < -0.4 is 0 Å². The van der Waals surface area contributed by atoms with Crippen LogP contribution in [0, 0.1) is 0 Å². The molecule has 5 aromatic rings. The van der Waals surface area contributed by atoms with Crippen LogP contribution in [-0.4, -0.2) is 34.5 Å². The maximum absolute atomic E-state index is 4.78. The van der Waals surface area contributed by atoms with Crippen LogP contribution in [0.1, 0.15) is 0 Å². The van der Waals surface area contributed by atoms with Gasteiger partial charge in [-0.05, 0) is 34.1 Å². The first-order valence-corrected chi connectivity index (χ1v) is 10.0. The average molecular weight is 450 g/mol. The lowest BCUT2D eigenvalue weighted by atomic mass is 10.3. The molecule has 0 saturated carbocycles. The minimum Gasteiger partial charge on any atom is -0.263 e. The SMILES string of the molecule is Brc1cncc(-c2nc(-c3cnn(-c4nccs4)c3)n(-c3ccccc3)n2)c1. The molecule has 4 aromatic heterocycles. The number of aromatic nitrogens is 7. The van der Waals surface area contributed by atoms with Gasteiger partial charge in [-0.2, -0.15) is 5.10 Å². The molecule has 9 heteroatoms. The molecule has 0 unspecified atom stereocenters. The average Bonchev–Trinajstić information content (AvgIpc) is 3.48. The van der Waals surface area contributed by atoms with Gasteiger partial charge in [0.15, 0.2) is 11.6 Å². The molecule has 7 nitrogen and oxygen atoms in total. The summed E-state index contributed by atoms with van der Waals surface area (Å²) in [7, 11) is 0. The van der Waals surface area contributed by atoms with Crippen LogP contribution >= 0.6 is 27.3 Å². The minimum atomic E-state index is 0.592. The van der Waals surface area contributed by atoms with E-state index in [-0.39, 0.29) is 0 Å². The zero-order valence-corrected chi connectivity index (χ0v) is 16.7. The first-order valence-electron chi connectivity index (χ1n) is 8.36. The Morgan fingerprint density at radius 2 is 1.89 bits per heavy atom. The van der Waals surface area contributed by atoms with Crippen molar-refractivity contribution in [3.8, 4) is 33.6 Å². The summed E-state index contributed by atoms with van der Waals surface area (Å²) in [6, 6.07) is 11.8. The van der Waals surface area contributed by atoms with E-state index in [1.807, 2.05) is 52.7 Å². The Labute approximate surface area is 172 Å². The lowest BCUT2D eigenvalue weighted by Gasteiger charge is -2.03. The van der Waals surface area contributed by atoms with E-state index >= 15 is 0 Å². The van der Waals surface area contributed by atoms with Crippen molar-refractivity contribution in [3.05, 3.63) is 77.2 Å². The van der Waals surface area contributed by atoms with Crippen molar-refractivity contribution in [1.82, 2.24) is 34.5 Å². The van der Waals surface area contributed by atoms with E-state index in [1.54, 1.807) is 29.5 Å². The predicted molar refractivity (Wildman–Crippen MR) is 111 cm³/mol. The van der Waals surface area contributed by atoms with Crippen molar-refractivity contribution >= 4 is 27.3 Å². The second-order valence-corrected chi connectivity index (χ2v) is 7.68. The van der Waals surface area contributed by atoms with Crippen LogP contribution in [0.4, 0.5) is 0 Å². The molecular formula is C19H12BrN7S. The molecule has 0 bridgehead atoms. The first-order chi connectivity index (χ1) is 13.8. The maximum Gasteiger partial charge on any atom is 0.210 e. The molecule has 0 spiro atoms. The molecule has 0 aliphatic heterocycles. The fourth-order valence-corrected chi connectivity index (χ4v) is 3.71. The summed E-state index contributed by atoms with van der Waals surface area (Å²) in [5.74, 6) is 1.29. The van der Waals surface area contributed by atoms with E-state index in [4.69, 9.17) is 10.1 Å². The van der Waals surface area contributed by atoms with Crippen LogP contribution in [0.5, 0.6) is 0 Å². The second kappa shape index (κ2) is 7.10. The summed E-state index contributed by atoms with van der Waals surface area (Å²) < 4.78 is 4.43. The maximum atomic E-state index is 4.78. The van der Waals surface area contributed by atoms with Crippen molar-refractivity contribution in [2.24, 2.45) is 0 Å². The molecule has 4 heterocycles. The fourth-order valence-electron chi connectivity index (χ4n) is 2.78. The zero-order chi connectivity index (χ0) is 18.9. The van der Waals surface area contributed by atoms with Gasteiger partial charge in [0.05, 0.1) is 17.4 Å². The van der Waals surface area contributed by atoms with Gasteiger partial charge in [0, 0.05) is 40.2 Å². The fraction of sp³-hybridized carbons (Fsp3) is 0. The molecule has 0 atom stereocenters. The molecule has 0 aliphatic rings. The number of halogens is 1. The van der Waals surface area contributed by atoms with Crippen LogP contribution in [0.15, 0.2) is 77.2 Å². The van der Waals surface area contributed by atoms with Crippen molar-refractivity contribution in [3.63, 3.8) is 0 Å². The standard InChI is InChI=1S/C19H12BrN7S/c20-15-8-13(9-21-11-15)17-24-18(27(25-17)16-4-2-1-3-5-16)14-10-23-26(12-14)19-22-6-7-28-19/h1-12H. The van der Waals surface area contributed by atoms with Crippen LogP contribution in [0.3, 0.4) is 0 Å². The Morgan fingerprint density at radius 3 is 2.68 bits per heavy atom. The second-order valence-electron chi connectivity index (χ2n) is 5.89. The summed E-state index contributed by atoms with van der Waals surface area (Å²) in [4.78, 5) is 13.3. The number of nitrogens with zero attached hydrogens (tertiary/aromatic N) is 7. The van der Waals surface area contributed by atoms with Crippen molar-refractivity contribution < 1.29 is 0 Å². The summed E-state index contributed by atoms with van der Waals surface area (Å²) in [5.41, 5.74) is 2.60. The van der Waals surface area contributed by atoms with Gasteiger partial charge in [-0.3, -0.25) is 4.98 Å². The number of hydrogen-bond donors (Lipinski definition) is 0. The van der Waals surface area contributed by atoms with Gasteiger partial charge < -0.3 is 0 Å². The van der Waals surface area contributed by atoms with Gasteiger partial charge in [-0.1, -0.05) is 18.2 Å². The summed E-state index contributed by atoms with van der Waals surface area (Å²) in [6.07, 6.45) is 8.92. The van der Waals surface area contributed by atoms with Gasteiger partial charge in [-0.25, -0.2) is 19.3 Å². The largest absolute Gasteiger partial charge is 0.263 e. The van der Waals surface area contributed by atoms with Crippen LogP contribution in [0.25, 0.3) is 33.6 Å². The highest BCUT2D eigenvalue weighted by atomic mass is 79.9. The number of rotatable bonds is 4. The third-order valence-corrected chi connectivity index (χ3v) is 5.22. The smallest absolute Gasteiger partial charge is 0.210 e. The molecule has 5 rings (SSSR count). The van der Waals surface area contributed by atoms with Crippen LogP contribution in [0.2, 0.25) is 0 Å². The van der Waals surface area contributed by atoms with E-state index in [0.717, 1.165) is 26.4 Å². The number of pyridine rings is 1. The van der Waals surface area contributed by atoms with Crippen molar-refractivity contribution in [2.45, 2.75) is 0 Å². The predicted octanol–water partition coefficient (Wildman–Crippen LogP) is 4.40. The van der Waals surface area contributed by atoms with Crippen molar-refractivity contribution in [2.75, 3.05) is 0 Å². The monoisotopic (exact) mass is 449 g/mol. The highest BCUT2D eigenvalue weighted by Crippen LogP contribution is 2.26. The first kappa shape index (κ1) is 17.0. The van der Waals surface area contributed by atoms with E-state index < -0.39 is 0 Å². The van der Waals surface area contributed by atoms with E-state index in [9.17, 15) is 0 Å². The van der Waals surface area contributed by atoms with E-state index in [0.29, 0.717) is 11.6 Å². The van der Waals surface area contributed by atoms with E-state index in [2.05, 4.69) is 31.0 Å². The quantitative estimate of drug-likeness (QED) is 0.406. The number of benzene rings is 1. The highest BCUT2D eigenvalue weighted by Gasteiger charge is 2.17. The summed E-state index contributed by atoms with van der Waals surface area (Å²) in [5, 5.41) is 11.9. The Hall–Kier alpha value is -3.17. The van der Waals surface area contributed by atoms with Crippen molar-refractivity contribution in [1.29, 1.82) is 0 Å². The molecule has 0 aliphatic carbocycles. The summed E-state index contributed by atoms with van der Waals surface area (Å²) >= 11 is 4.98. The molecule has 136 valence electrons. The molecule has 0 fully saturated rings. The number of hydrogen-bond acceptors (Lipinski definition) is 6. The zero-order valence-electron chi connectivity index (χ0n) is 14.3. The van der Waals surface area contributed by atoms with Gasteiger partial charge in [0.2, 0.25) is 5.13 Å². The molecular weight excluding hydrogens is 438 g/mol. The molecule has 0 radical (unpaired) electrons. The Balaban J connectivity index is 1.66. The van der Waals surface area contributed by atoms with Gasteiger partial charge in [0.25, 0.3) is 0 Å². The highest BCUT2D eigenvalue weighted by molar-refractivity contribution is 9.10. The molecule has 0 N–H and O–H groups in total. The van der Waals surface area contributed by atoms with Gasteiger partial charge >= 0.3 is 0 Å². The normalized spacial score (nSPS) is 11.0. The van der Waals surface area contributed by atoms with Gasteiger partial charge in [-0.15, -0.1) is 16.4 Å². The lowest BCUT2D eigenvalue weighted by Crippen LogP contribution is -1.99.